The number of rotatable bonds is 6. The fraction of sp³-hybridized carbons (Fsp3) is 0.320. The normalized spacial score (nSPS) is 14.7. The summed E-state index contributed by atoms with van der Waals surface area (Å²) in [6, 6.07) is 9.34. The first-order chi connectivity index (χ1) is 16.6. The van der Waals surface area contributed by atoms with Crippen molar-refractivity contribution in [3.8, 4) is 17.2 Å². The Labute approximate surface area is 208 Å². The van der Waals surface area contributed by atoms with Gasteiger partial charge in [0.25, 0.3) is 5.91 Å². The SMILES string of the molecule is C=C1CCCN1C(=O)c1cccc(Nc2nsnc2NC(c2ccc(O)c(O)c2)C(C)(C)C)c1O. The monoisotopic (exact) mass is 495 g/mol. The van der Waals surface area contributed by atoms with Gasteiger partial charge in [0.15, 0.2) is 28.9 Å². The van der Waals surface area contributed by atoms with Crippen molar-refractivity contribution in [1.29, 1.82) is 0 Å². The molecule has 1 aliphatic rings. The molecule has 2 aromatic carbocycles. The molecule has 1 aliphatic heterocycles. The largest absolute Gasteiger partial charge is 0.505 e. The molecule has 0 bridgehead atoms. The summed E-state index contributed by atoms with van der Waals surface area (Å²) in [5, 5.41) is 37.1. The van der Waals surface area contributed by atoms with E-state index in [1.807, 2.05) is 20.8 Å². The van der Waals surface area contributed by atoms with Crippen molar-refractivity contribution in [2.75, 3.05) is 17.2 Å². The maximum atomic E-state index is 13.0. The smallest absolute Gasteiger partial charge is 0.261 e. The van der Waals surface area contributed by atoms with E-state index in [1.54, 1.807) is 29.2 Å². The van der Waals surface area contributed by atoms with Crippen molar-refractivity contribution in [2.45, 2.75) is 39.7 Å². The molecule has 1 amide bonds. The van der Waals surface area contributed by atoms with Crippen LogP contribution in [0, 0.1) is 5.41 Å². The zero-order valence-corrected chi connectivity index (χ0v) is 20.7. The van der Waals surface area contributed by atoms with Crippen LogP contribution in [0.25, 0.3) is 0 Å². The van der Waals surface area contributed by atoms with Gasteiger partial charge in [0.05, 0.1) is 29.0 Å². The molecule has 5 N–H and O–H groups in total. The predicted octanol–water partition coefficient (Wildman–Crippen LogP) is 5.35. The van der Waals surface area contributed by atoms with Gasteiger partial charge in [-0.3, -0.25) is 4.79 Å². The molecule has 0 radical (unpaired) electrons. The number of carbonyl (C=O) groups excluding carboxylic acids is 1. The number of likely N-dealkylation sites (tertiary alicyclic amines) is 1. The second kappa shape index (κ2) is 9.46. The number of nitrogens with zero attached hydrogens (tertiary/aromatic N) is 3. The molecular formula is C25H29N5O4S. The fourth-order valence-corrected chi connectivity index (χ4v) is 4.57. The Kier molecular flexibility index (Phi) is 6.58. The Morgan fingerprint density at radius 2 is 1.86 bits per heavy atom. The molecule has 1 aromatic heterocycles. The van der Waals surface area contributed by atoms with Crippen molar-refractivity contribution < 1.29 is 20.1 Å². The number of aromatic nitrogens is 2. The number of hydrogen-bond donors (Lipinski definition) is 5. The van der Waals surface area contributed by atoms with Crippen LogP contribution >= 0.6 is 11.7 Å². The number of para-hydroxylation sites is 1. The molecule has 2 heterocycles. The maximum Gasteiger partial charge on any atom is 0.261 e. The van der Waals surface area contributed by atoms with Crippen LogP contribution in [-0.4, -0.2) is 41.4 Å². The van der Waals surface area contributed by atoms with Crippen LogP contribution in [0.4, 0.5) is 17.3 Å². The Morgan fingerprint density at radius 1 is 1.11 bits per heavy atom. The van der Waals surface area contributed by atoms with E-state index in [-0.39, 0.29) is 40.2 Å². The van der Waals surface area contributed by atoms with Gasteiger partial charge in [-0.05, 0) is 48.1 Å². The fourth-order valence-electron chi connectivity index (χ4n) is 4.09. The molecule has 0 spiro atoms. The van der Waals surface area contributed by atoms with Crippen LogP contribution in [0.5, 0.6) is 17.2 Å². The molecule has 35 heavy (non-hydrogen) atoms. The quantitative estimate of drug-likeness (QED) is 0.289. The number of allylic oxidation sites excluding steroid dienone is 1. The highest BCUT2D eigenvalue weighted by atomic mass is 32.1. The molecule has 4 rings (SSSR count). The van der Waals surface area contributed by atoms with Crippen LogP contribution < -0.4 is 10.6 Å². The Morgan fingerprint density at radius 3 is 2.51 bits per heavy atom. The Bertz CT molecular complexity index is 1270. The van der Waals surface area contributed by atoms with Crippen molar-refractivity contribution in [2.24, 2.45) is 5.41 Å². The number of nitrogens with one attached hydrogen (secondary N) is 2. The average molecular weight is 496 g/mol. The minimum absolute atomic E-state index is 0.174. The number of amides is 1. The summed E-state index contributed by atoms with van der Waals surface area (Å²) in [5.41, 5.74) is 1.72. The standard InChI is InChI=1S/C25H29N5O4S/c1-14-7-6-12-30(14)24(34)16-8-5-9-17(20(16)33)26-22-23(29-35-28-22)27-21(25(2,3)4)15-10-11-18(31)19(32)13-15/h5,8-11,13,21,31-33H,1,6-7,12H2,2-4H3,(H,26,28)(H,27,29). The highest BCUT2D eigenvalue weighted by Gasteiger charge is 2.30. The van der Waals surface area contributed by atoms with Crippen molar-refractivity contribution in [1.82, 2.24) is 13.6 Å². The lowest BCUT2D eigenvalue weighted by Gasteiger charge is -2.32. The first-order valence-electron chi connectivity index (χ1n) is 11.3. The number of phenolic OH excluding ortho intramolecular Hbond substituents is 3. The molecule has 1 saturated heterocycles. The first-order valence-corrected chi connectivity index (χ1v) is 12.0. The molecule has 3 aromatic rings. The van der Waals surface area contributed by atoms with Gasteiger partial charge in [0.1, 0.15) is 0 Å². The number of phenols is 3. The molecule has 184 valence electrons. The van der Waals surface area contributed by atoms with E-state index in [4.69, 9.17) is 0 Å². The lowest BCUT2D eigenvalue weighted by atomic mass is 9.82. The number of benzene rings is 2. The van der Waals surface area contributed by atoms with E-state index >= 15 is 0 Å². The summed E-state index contributed by atoms with van der Waals surface area (Å²) in [6.45, 7) is 10.6. The van der Waals surface area contributed by atoms with Crippen molar-refractivity contribution in [3.05, 3.63) is 59.8 Å². The zero-order valence-electron chi connectivity index (χ0n) is 19.9. The summed E-state index contributed by atoms with van der Waals surface area (Å²) in [5.74, 6) is -0.0264. The molecule has 0 saturated carbocycles. The van der Waals surface area contributed by atoms with Crippen LogP contribution in [0.1, 0.15) is 55.6 Å². The summed E-state index contributed by atoms with van der Waals surface area (Å²) in [6.07, 6.45) is 1.62. The maximum absolute atomic E-state index is 13.0. The number of hydrogen-bond acceptors (Lipinski definition) is 9. The van der Waals surface area contributed by atoms with Gasteiger partial charge in [0, 0.05) is 12.2 Å². The molecule has 10 heteroatoms. The Hall–Kier alpha value is -3.79. The van der Waals surface area contributed by atoms with E-state index in [0.29, 0.717) is 23.9 Å². The van der Waals surface area contributed by atoms with Crippen molar-refractivity contribution >= 4 is 35.0 Å². The lowest BCUT2D eigenvalue weighted by molar-refractivity contribution is 0.0823. The third kappa shape index (κ3) is 5.02. The summed E-state index contributed by atoms with van der Waals surface area (Å²) in [7, 11) is 0. The summed E-state index contributed by atoms with van der Waals surface area (Å²) >= 11 is 0.993. The highest BCUT2D eigenvalue weighted by molar-refractivity contribution is 6.99. The molecule has 1 fully saturated rings. The summed E-state index contributed by atoms with van der Waals surface area (Å²) < 4.78 is 8.69. The predicted molar refractivity (Wildman–Crippen MR) is 136 cm³/mol. The van der Waals surface area contributed by atoms with E-state index in [0.717, 1.165) is 35.8 Å². The van der Waals surface area contributed by atoms with E-state index < -0.39 is 0 Å². The molecule has 1 atom stereocenters. The van der Waals surface area contributed by atoms with Crippen LogP contribution in [0.2, 0.25) is 0 Å². The third-order valence-corrected chi connectivity index (χ3v) is 6.49. The van der Waals surface area contributed by atoms with Crippen LogP contribution in [0.3, 0.4) is 0 Å². The van der Waals surface area contributed by atoms with E-state index in [1.165, 1.54) is 12.1 Å². The first kappa shape index (κ1) is 24.3. The zero-order chi connectivity index (χ0) is 25.3. The van der Waals surface area contributed by atoms with E-state index in [2.05, 4.69) is 26.0 Å². The molecule has 9 nitrogen and oxygen atoms in total. The lowest BCUT2D eigenvalue weighted by Crippen LogP contribution is -2.26. The van der Waals surface area contributed by atoms with Gasteiger partial charge in [0.2, 0.25) is 0 Å². The third-order valence-electron chi connectivity index (χ3n) is 5.96. The minimum Gasteiger partial charge on any atom is -0.505 e. The number of carbonyl (C=O) groups is 1. The second-order valence-electron chi connectivity index (χ2n) is 9.61. The highest BCUT2D eigenvalue weighted by Crippen LogP contribution is 2.41. The summed E-state index contributed by atoms with van der Waals surface area (Å²) in [4.78, 5) is 14.6. The number of anilines is 3. The van der Waals surface area contributed by atoms with Crippen molar-refractivity contribution in [3.63, 3.8) is 0 Å². The molecule has 0 aliphatic carbocycles. The van der Waals surface area contributed by atoms with Gasteiger partial charge in [-0.1, -0.05) is 39.5 Å². The average Bonchev–Trinajstić information content (AvgIpc) is 3.43. The second-order valence-corrected chi connectivity index (χ2v) is 10.1. The van der Waals surface area contributed by atoms with Gasteiger partial charge in [-0.2, -0.15) is 8.75 Å². The molecule has 1 unspecified atom stereocenters. The van der Waals surface area contributed by atoms with Gasteiger partial charge < -0.3 is 30.9 Å². The van der Waals surface area contributed by atoms with E-state index in [9.17, 15) is 20.1 Å². The van der Waals surface area contributed by atoms with Gasteiger partial charge in [-0.15, -0.1) is 0 Å². The molecular weight excluding hydrogens is 466 g/mol. The number of aromatic hydroxyl groups is 3. The Balaban J connectivity index is 1.60. The van der Waals surface area contributed by atoms with Gasteiger partial charge >= 0.3 is 0 Å². The van der Waals surface area contributed by atoms with Crippen LogP contribution in [0.15, 0.2) is 48.7 Å². The van der Waals surface area contributed by atoms with Gasteiger partial charge in [-0.25, -0.2) is 0 Å². The minimum atomic E-state index is -0.295. The van der Waals surface area contributed by atoms with Crippen LogP contribution in [-0.2, 0) is 0 Å². The topological polar surface area (TPSA) is 131 Å².